The van der Waals surface area contributed by atoms with Gasteiger partial charge in [0.15, 0.2) is 0 Å². The van der Waals surface area contributed by atoms with Crippen molar-refractivity contribution in [3.8, 4) is 5.75 Å². The lowest BCUT2D eigenvalue weighted by molar-refractivity contribution is -0.384. The molecular weight excluding hydrogens is 246 g/mol. The van der Waals surface area contributed by atoms with Crippen molar-refractivity contribution in [1.82, 2.24) is 4.90 Å². The van der Waals surface area contributed by atoms with E-state index in [-0.39, 0.29) is 5.69 Å². The summed E-state index contributed by atoms with van der Waals surface area (Å²) in [6, 6.07) is 4.70. The first kappa shape index (κ1) is 13.6. The normalized spacial score (nSPS) is 20.2. The van der Waals surface area contributed by atoms with Gasteiger partial charge in [0.2, 0.25) is 0 Å². The van der Waals surface area contributed by atoms with Crippen LogP contribution in [-0.4, -0.2) is 36.1 Å². The van der Waals surface area contributed by atoms with Gasteiger partial charge >= 0.3 is 0 Å². The van der Waals surface area contributed by atoms with Crippen LogP contribution in [0.4, 0.5) is 11.4 Å². The van der Waals surface area contributed by atoms with Crippen LogP contribution in [-0.2, 0) is 0 Å². The van der Waals surface area contributed by atoms with E-state index in [0.717, 1.165) is 13.0 Å². The van der Waals surface area contributed by atoms with Crippen LogP contribution >= 0.6 is 0 Å². The molecule has 1 saturated heterocycles. The maximum atomic E-state index is 10.6. The second kappa shape index (κ2) is 5.88. The summed E-state index contributed by atoms with van der Waals surface area (Å²) in [4.78, 5) is 12.4. The van der Waals surface area contributed by atoms with Gasteiger partial charge in [-0.05, 0) is 32.5 Å². The van der Waals surface area contributed by atoms with Gasteiger partial charge < -0.3 is 15.4 Å². The fourth-order valence-corrected chi connectivity index (χ4v) is 2.32. The van der Waals surface area contributed by atoms with Crippen LogP contribution in [0.2, 0.25) is 0 Å². The van der Waals surface area contributed by atoms with E-state index in [1.807, 2.05) is 0 Å². The number of hydrogen-bond acceptors (Lipinski definition) is 5. The van der Waals surface area contributed by atoms with Gasteiger partial charge in [-0.25, -0.2) is 0 Å². The Morgan fingerprint density at radius 1 is 1.53 bits per heavy atom. The summed E-state index contributed by atoms with van der Waals surface area (Å²) >= 11 is 0. The largest absolute Gasteiger partial charge is 0.490 e. The highest BCUT2D eigenvalue weighted by Gasteiger charge is 2.20. The molecule has 1 atom stereocenters. The second-order valence-electron chi connectivity index (χ2n) is 4.92. The molecule has 1 fully saturated rings. The molecule has 6 heteroatoms. The Kier molecular flexibility index (Phi) is 4.21. The van der Waals surface area contributed by atoms with Gasteiger partial charge in [0, 0.05) is 18.2 Å². The molecule has 0 radical (unpaired) electrons. The number of nitrogens with zero attached hydrogens (tertiary/aromatic N) is 2. The third kappa shape index (κ3) is 3.35. The number of ether oxygens (including phenoxy) is 1. The lowest BCUT2D eigenvalue weighted by Gasteiger charge is -2.32. The summed E-state index contributed by atoms with van der Waals surface area (Å²) in [5.74, 6) is 0.518. The van der Waals surface area contributed by atoms with Gasteiger partial charge in [-0.3, -0.25) is 10.1 Å². The molecule has 1 aliphatic heterocycles. The molecule has 1 unspecified atom stereocenters. The molecule has 104 valence electrons. The number of nitrogens with two attached hydrogens (primary N) is 1. The Labute approximate surface area is 112 Å². The van der Waals surface area contributed by atoms with Crippen molar-refractivity contribution >= 4 is 11.4 Å². The van der Waals surface area contributed by atoms with E-state index in [9.17, 15) is 10.1 Å². The van der Waals surface area contributed by atoms with Gasteiger partial charge in [-0.1, -0.05) is 6.42 Å². The summed E-state index contributed by atoms with van der Waals surface area (Å²) in [6.07, 6.45) is 3.56. The zero-order chi connectivity index (χ0) is 13.8. The van der Waals surface area contributed by atoms with Crippen molar-refractivity contribution in [3.63, 3.8) is 0 Å². The number of piperidine rings is 1. The summed E-state index contributed by atoms with van der Waals surface area (Å²) in [5, 5.41) is 10.6. The monoisotopic (exact) mass is 265 g/mol. The van der Waals surface area contributed by atoms with E-state index in [1.165, 1.54) is 25.0 Å². The minimum atomic E-state index is -0.463. The SMILES string of the molecule is CN1CCCCC1COc1ccc([N+](=O)[O-])cc1N. The molecule has 1 aliphatic rings. The smallest absolute Gasteiger partial charge is 0.271 e. The van der Waals surface area contributed by atoms with Crippen LogP contribution in [0, 0.1) is 10.1 Å². The van der Waals surface area contributed by atoms with Crippen LogP contribution in [0.3, 0.4) is 0 Å². The van der Waals surface area contributed by atoms with Gasteiger partial charge in [-0.2, -0.15) is 0 Å². The first-order valence-corrected chi connectivity index (χ1v) is 6.45. The lowest BCUT2D eigenvalue weighted by atomic mass is 10.0. The molecule has 0 bridgehead atoms. The van der Waals surface area contributed by atoms with E-state index >= 15 is 0 Å². The van der Waals surface area contributed by atoms with Crippen molar-refractivity contribution in [3.05, 3.63) is 28.3 Å². The van der Waals surface area contributed by atoms with Crippen LogP contribution < -0.4 is 10.5 Å². The maximum absolute atomic E-state index is 10.6. The third-order valence-electron chi connectivity index (χ3n) is 3.56. The minimum Gasteiger partial charge on any atom is -0.490 e. The Morgan fingerprint density at radius 3 is 2.95 bits per heavy atom. The van der Waals surface area contributed by atoms with Gasteiger partial charge in [0.1, 0.15) is 12.4 Å². The Bertz CT molecular complexity index is 464. The molecule has 0 aliphatic carbocycles. The van der Waals surface area contributed by atoms with Gasteiger partial charge in [-0.15, -0.1) is 0 Å². The van der Waals surface area contributed by atoms with Crippen LogP contribution in [0.5, 0.6) is 5.75 Å². The summed E-state index contributed by atoms with van der Waals surface area (Å²) in [7, 11) is 2.09. The van der Waals surface area contributed by atoms with Crippen LogP contribution in [0.25, 0.3) is 0 Å². The van der Waals surface area contributed by atoms with Crippen LogP contribution in [0.15, 0.2) is 18.2 Å². The average molecular weight is 265 g/mol. The predicted octanol–water partition coefficient (Wildman–Crippen LogP) is 2.04. The molecule has 1 heterocycles. The number of nitro groups is 1. The summed E-state index contributed by atoms with van der Waals surface area (Å²) in [6.45, 7) is 1.66. The van der Waals surface area contributed by atoms with Crippen molar-refractivity contribution < 1.29 is 9.66 Å². The van der Waals surface area contributed by atoms with E-state index in [2.05, 4.69) is 11.9 Å². The number of nitro benzene ring substituents is 1. The number of rotatable bonds is 4. The van der Waals surface area contributed by atoms with Crippen LogP contribution in [0.1, 0.15) is 19.3 Å². The first-order chi connectivity index (χ1) is 9.08. The number of anilines is 1. The number of benzene rings is 1. The van der Waals surface area contributed by atoms with E-state index < -0.39 is 4.92 Å². The number of likely N-dealkylation sites (tertiary alicyclic amines) is 1. The number of hydrogen-bond donors (Lipinski definition) is 1. The van der Waals surface area contributed by atoms with E-state index in [1.54, 1.807) is 6.07 Å². The third-order valence-corrected chi connectivity index (χ3v) is 3.56. The van der Waals surface area contributed by atoms with Gasteiger partial charge in [0.05, 0.1) is 10.6 Å². The Hall–Kier alpha value is -1.82. The molecule has 0 aromatic heterocycles. The van der Waals surface area contributed by atoms with Gasteiger partial charge in [0.25, 0.3) is 5.69 Å². The van der Waals surface area contributed by atoms with E-state index in [4.69, 9.17) is 10.5 Å². The molecule has 0 amide bonds. The average Bonchev–Trinajstić information content (AvgIpc) is 2.39. The summed E-state index contributed by atoms with van der Waals surface area (Å²) in [5.41, 5.74) is 6.06. The molecular formula is C13H19N3O3. The molecule has 6 nitrogen and oxygen atoms in total. The zero-order valence-electron chi connectivity index (χ0n) is 11.0. The van der Waals surface area contributed by atoms with Crippen molar-refractivity contribution in [2.75, 3.05) is 25.9 Å². The molecule has 2 rings (SSSR count). The Morgan fingerprint density at radius 2 is 2.32 bits per heavy atom. The summed E-state index contributed by atoms with van der Waals surface area (Å²) < 4.78 is 5.69. The standard InChI is InChI=1S/C13H19N3O3/c1-15-7-3-2-4-11(15)9-19-13-6-5-10(16(17)18)8-12(13)14/h5-6,8,11H,2-4,7,9,14H2,1H3. The molecule has 0 spiro atoms. The number of non-ortho nitro benzene ring substituents is 1. The van der Waals surface area contributed by atoms with Crippen molar-refractivity contribution in [2.45, 2.75) is 25.3 Å². The first-order valence-electron chi connectivity index (χ1n) is 6.45. The highest BCUT2D eigenvalue weighted by Crippen LogP contribution is 2.27. The maximum Gasteiger partial charge on any atom is 0.271 e. The van der Waals surface area contributed by atoms with E-state index in [0.29, 0.717) is 24.1 Å². The zero-order valence-corrected chi connectivity index (χ0v) is 11.0. The molecule has 1 aromatic carbocycles. The predicted molar refractivity (Wildman–Crippen MR) is 73.3 cm³/mol. The fraction of sp³-hybridized carbons (Fsp3) is 0.538. The Balaban J connectivity index is 1.97. The highest BCUT2D eigenvalue weighted by atomic mass is 16.6. The minimum absolute atomic E-state index is 0.0142. The second-order valence-corrected chi connectivity index (χ2v) is 4.92. The lowest BCUT2D eigenvalue weighted by Crippen LogP contribution is -2.40. The number of nitrogen functional groups attached to an aromatic ring is 1. The van der Waals surface area contributed by atoms with Crippen molar-refractivity contribution in [2.24, 2.45) is 0 Å². The molecule has 1 aromatic rings. The molecule has 2 N–H and O–H groups in total. The molecule has 19 heavy (non-hydrogen) atoms. The quantitative estimate of drug-likeness (QED) is 0.512. The fourth-order valence-electron chi connectivity index (χ4n) is 2.32. The topological polar surface area (TPSA) is 81.6 Å². The molecule has 0 saturated carbocycles. The number of likely N-dealkylation sites (N-methyl/N-ethyl adjacent to an activating group) is 1. The highest BCUT2D eigenvalue weighted by molar-refractivity contribution is 5.58. The van der Waals surface area contributed by atoms with Crippen molar-refractivity contribution in [1.29, 1.82) is 0 Å².